The second kappa shape index (κ2) is 9.25. The van der Waals surface area contributed by atoms with Crippen LogP contribution in [0.2, 0.25) is 5.02 Å². The van der Waals surface area contributed by atoms with Crippen molar-refractivity contribution in [3.05, 3.63) is 68.6 Å². The summed E-state index contributed by atoms with van der Waals surface area (Å²) in [6.07, 6.45) is 6.21. The van der Waals surface area contributed by atoms with E-state index in [2.05, 4.69) is 27.1 Å². The van der Waals surface area contributed by atoms with Crippen LogP contribution in [-0.2, 0) is 13.5 Å². The van der Waals surface area contributed by atoms with Gasteiger partial charge in [0.2, 0.25) is 5.43 Å². The summed E-state index contributed by atoms with van der Waals surface area (Å²) in [7, 11) is 5.57. The lowest BCUT2D eigenvalue weighted by Crippen LogP contribution is -2.35. The molecule has 7 rings (SSSR count). The highest BCUT2D eigenvalue weighted by molar-refractivity contribution is 6.31. The Hall–Kier alpha value is -4.02. The van der Waals surface area contributed by atoms with Gasteiger partial charge in [0.05, 0.1) is 21.8 Å². The Balaban J connectivity index is 1.52. The number of carboxylic acids is 1. The fraction of sp³-hybridized carbons (Fsp3) is 0.333. The van der Waals surface area contributed by atoms with E-state index in [1.165, 1.54) is 10.8 Å². The summed E-state index contributed by atoms with van der Waals surface area (Å²) in [5, 5.41) is 13.0. The number of hydrogen-bond donors (Lipinski definition) is 2. The number of likely N-dealkylation sites (tertiary alicyclic amines) is 1. The van der Waals surface area contributed by atoms with Crippen molar-refractivity contribution in [1.82, 2.24) is 19.4 Å². The summed E-state index contributed by atoms with van der Waals surface area (Å²) >= 11 is 6.41. The molecule has 2 aliphatic heterocycles. The Morgan fingerprint density at radius 2 is 1.98 bits per heavy atom. The van der Waals surface area contributed by atoms with E-state index in [9.17, 15) is 14.7 Å². The van der Waals surface area contributed by atoms with E-state index in [0.717, 1.165) is 59.8 Å². The lowest BCUT2D eigenvalue weighted by Gasteiger charge is -2.31. The van der Waals surface area contributed by atoms with Gasteiger partial charge in [-0.15, -0.1) is 0 Å². The number of nitrogens with one attached hydrogen (secondary N) is 1. The van der Waals surface area contributed by atoms with Gasteiger partial charge in [-0.25, -0.2) is 14.2 Å². The number of anilines is 2. The van der Waals surface area contributed by atoms with Crippen LogP contribution in [0.15, 0.2) is 35.5 Å². The molecule has 9 nitrogen and oxygen atoms in total. The largest absolute Gasteiger partial charge is 0.477 e. The molecule has 4 aromatic rings. The first-order valence-corrected chi connectivity index (χ1v) is 13.9. The third kappa shape index (κ3) is 3.77. The minimum absolute atomic E-state index is 0.0364. The third-order valence-electron chi connectivity index (χ3n) is 8.89. The molecule has 2 saturated heterocycles. The zero-order valence-electron chi connectivity index (χ0n) is 22.8. The van der Waals surface area contributed by atoms with Crippen molar-refractivity contribution in [3.8, 4) is 22.3 Å². The van der Waals surface area contributed by atoms with Gasteiger partial charge in [-0.3, -0.25) is 9.78 Å². The van der Waals surface area contributed by atoms with E-state index in [1.54, 1.807) is 38.6 Å². The maximum absolute atomic E-state index is 15.9. The number of likely N-dealkylation sites (N-methyl/N-ethyl adjacent to an activating group) is 1. The summed E-state index contributed by atoms with van der Waals surface area (Å²) in [4.78, 5) is 39.1. The van der Waals surface area contributed by atoms with Crippen LogP contribution in [0.3, 0.4) is 0 Å². The topological polar surface area (TPSA) is 104 Å². The highest BCUT2D eigenvalue weighted by Gasteiger charge is 2.43. The lowest BCUT2D eigenvalue weighted by atomic mass is 9.96. The van der Waals surface area contributed by atoms with Crippen molar-refractivity contribution in [3.63, 3.8) is 0 Å². The number of rotatable bonds is 4. The quantitative estimate of drug-likeness (QED) is 0.329. The van der Waals surface area contributed by atoms with Gasteiger partial charge in [0, 0.05) is 92.7 Å². The molecular weight excluding hydrogens is 547 g/mol. The Kier molecular flexibility index (Phi) is 5.85. The number of halogens is 2. The second-order valence-corrected chi connectivity index (χ2v) is 11.7. The maximum Gasteiger partial charge on any atom is 0.341 e. The van der Waals surface area contributed by atoms with E-state index in [-0.39, 0.29) is 22.0 Å². The number of pyridine rings is 3. The number of aromatic nitrogens is 3. The molecule has 3 aliphatic rings. The molecule has 5 heterocycles. The molecule has 41 heavy (non-hydrogen) atoms. The molecular formula is C30H28ClFN6O3. The minimum atomic E-state index is -1.30. The predicted octanol–water partition coefficient (Wildman–Crippen LogP) is 4.24. The highest BCUT2D eigenvalue weighted by Crippen LogP contribution is 2.52. The SMILES string of the molecule is CNc1cc(Cl)c(F)c2c1Cc1ncc(-c3cnc4c(c3)c(=O)c(C(=O)O)cn4C)c(N3CC[C@H]4CN(C)CC43)c1-2. The van der Waals surface area contributed by atoms with Crippen LogP contribution < -0.4 is 15.6 Å². The molecule has 2 N–H and O–H groups in total. The van der Waals surface area contributed by atoms with E-state index < -0.39 is 17.2 Å². The van der Waals surface area contributed by atoms with Crippen LogP contribution in [0, 0.1) is 11.7 Å². The number of benzene rings is 1. The Morgan fingerprint density at radius 3 is 2.73 bits per heavy atom. The van der Waals surface area contributed by atoms with E-state index >= 15 is 4.39 Å². The average Bonchev–Trinajstić information content (AvgIpc) is 3.64. The first-order chi connectivity index (χ1) is 19.7. The Morgan fingerprint density at radius 1 is 1.17 bits per heavy atom. The standard InChI is InChI=1S/C30H28ClFN6O3/c1-33-21-8-20(31)26(32)24-16(21)7-22-25(24)27(38-5-4-14-11-36(2)13-23(14)38)18(10-34-22)15-6-17-28(39)19(30(40)41)12-37(3)29(17)35-9-15/h6,8-10,12,14,23,33H,4-5,7,11,13H2,1-3H3,(H,40,41)/t14-,23?/m0/s1. The van der Waals surface area contributed by atoms with Gasteiger partial charge < -0.3 is 24.8 Å². The zero-order valence-corrected chi connectivity index (χ0v) is 23.6. The lowest BCUT2D eigenvalue weighted by molar-refractivity contribution is 0.0695. The maximum atomic E-state index is 15.9. The molecule has 210 valence electrons. The van der Waals surface area contributed by atoms with Gasteiger partial charge in [0.15, 0.2) is 0 Å². The number of carbonyl (C=O) groups is 1. The molecule has 0 spiro atoms. The van der Waals surface area contributed by atoms with Crippen LogP contribution >= 0.6 is 11.6 Å². The number of carboxylic acid groups (broad SMARTS) is 1. The summed E-state index contributed by atoms with van der Waals surface area (Å²) in [6, 6.07) is 3.53. The molecule has 0 bridgehead atoms. The fourth-order valence-corrected chi connectivity index (χ4v) is 7.26. The third-order valence-corrected chi connectivity index (χ3v) is 9.17. The Bertz CT molecular complexity index is 1860. The zero-order chi connectivity index (χ0) is 28.7. The van der Waals surface area contributed by atoms with Crippen molar-refractivity contribution in [2.75, 3.05) is 43.9 Å². The van der Waals surface area contributed by atoms with Crippen molar-refractivity contribution in [2.24, 2.45) is 13.0 Å². The average molecular weight is 575 g/mol. The fourth-order valence-electron chi connectivity index (χ4n) is 7.06. The number of aromatic carboxylic acids is 1. The Labute approximate surface area is 240 Å². The van der Waals surface area contributed by atoms with E-state index in [4.69, 9.17) is 16.6 Å². The molecule has 1 aliphatic carbocycles. The van der Waals surface area contributed by atoms with Gasteiger partial charge in [-0.05, 0) is 37.1 Å². The molecule has 0 radical (unpaired) electrons. The van der Waals surface area contributed by atoms with Crippen LogP contribution in [0.1, 0.15) is 28.0 Å². The van der Waals surface area contributed by atoms with Gasteiger partial charge >= 0.3 is 5.97 Å². The molecule has 1 aromatic carbocycles. The van der Waals surface area contributed by atoms with Crippen LogP contribution in [-0.4, -0.2) is 70.3 Å². The molecule has 2 atom stereocenters. The minimum Gasteiger partial charge on any atom is -0.477 e. The number of aryl methyl sites for hydroxylation is 1. The summed E-state index contributed by atoms with van der Waals surface area (Å²) in [6.45, 7) is 2.68. The smallest absolute Gasteiger partial charge is 0.341 e. The molecule has 3 aromatic heterocycles. The van der Waals surface area contributed by atoms with E-state index in [1.807, 2.05) is 0 Å². The van der Waals surface area contributed by atoms with Crippen molar-refractivity contribution < 1.29 is 14.3 Å². The van der Waals surface area contributed by atoms with E-state index in [0.29, 0.717) is 29.1 Å². The predicted molar refractivity (Wildman–Crippen MR) is 157 cm³/mol. The van der Waals surface area contributed by atoms with Crippen molar-refractivity contribution in [1.29, 1.82) is 0 Å². The number of nitrogens with zero attached hydrogens (tertiary/aromatic N) is 5. The normalized spacial score (nSPS) is 19.5. The van der Waals surface area contributed by atoms with Crippen LogP contribution in [0.25, 0.3) is 33.3 Å². The highest BCUT2D eigenvalue weighted by atomic mass is 35.5. The van der Waals surface area contributed by atoms with Gasteiger partial charge in [0.25, 0.3) is 0 Å². The van der Waals surface area contributed by atoms with Crippen LogP contribution in [0.4, 0.5) is 15.8 Å². The monoisotopic (exact) mass is 574 g/mol. The van der Waals surface area contributed by atoms with Crippen LogP contribution in [0.5, 0.6) is 0 Å². The van der Waals surface area contributed by atoms with Gasteiger partial charge in [-0.2, -0.15) is 0 Å². The molecule has 0 saturated carbocycles. The second-order valence-electron chi connectivity index (χ2n) is 11.3. The first-order valence-electron chi connectivity index (χ1n) is 13.6. The summed E-state index contributed by atoms with van der Waals surface area (Å²) < 4.78 is 17.5. The summed E-state index contributed by atoms with van der Waals surface area (Å²) in [5.41, 5.74) is 5.14. The molecule has 2 fully saturated rings. The molecule has 11 heteroatoms. The molecule has 1 unspecified atom stereocenters. The first kappa shape index (κ1) is 25.9. The number of fused-ring (bicyclic) bond motifs is 5. The van der Waals surface area contributed by atoms with Crippen molar-refractivity contribution >= 4 is 40.0 Å². The van der Waals surface area contributed by atoms with Gasteiger partial charge in [-0.1, -0.05) is 11.6 Å². The van der Waals surface area contributed by atoms with Crippen molar-refractivity contribution in [2.45, 2.75) is 18.9 Å². The molecule has 0 amide bonds. The summed E-state index contributed by atoms with van der Waals surface area (Å²) in [5.74, 6) is -1.29. The van der Waals surface area contributed by atoms with Gasteiger partial charge in [0.1, 0.15) is 17.0 Å². The number of hydrogen-bond acceptors (Lipinski definition) is 7.